The van der Waals surface area contributed by atoms with E-state index in [1.807, 2.05) is 18.2 Å². The molecule has 0 aliphatic heterocycles. The largest absolute Gasteiger partial charge is 0.398 e. The standard InChI is InChI=1S/C9H5BrN2S/c10-8-5-2-1-3-6(12)9(5)13-7(8)4-11/h1-3H,12H2. The highest BCUT2D eigenvalue weighted by Crippen LogP contribution is 2.37. The van der Waals surface area contributed by atoms with Gasteiger partial charge in [-0.1, -0.05) is 12.1 Å². The molecule has 0 saturated carbocycles. The van der Waals surface area contributed by atoms with Crippen molar-refractivity contribution < 1.29 is 0 Å². The van der Waals surface area contributed by atoms with E-state index in [9.17, 15) is 0 Å². The summed E-state index contributed by atoms with van der Waals surface area (Å²) in [4.78, 5) is 0.674. The Kier molecular flexibility index (Phi) is 1.98. The highest BCUT2D eigenvalue weighted by molar-refractivity contribution is 9.10. The first-order chi connectivity index (χ1) is 6.24. The SMILES string of the molecule is N#Cc1sc2c(N)cccc2c1Br. The molecule has 2 N–H and O–H groups in total. The summed E-state index contributed by atoms with van der Waals surface area (Å²) in [6, 6.07) is 7.80. The molecule has 0 aliphatic rings. The quantitative estimate of drug-likeness (QED) is 0.733. The smallest absolute Gasteiger partial charge is 0.120 e. The van der Waals surface area contributed by atoms with Crippen LogP contribution < -0.4 is 5.73 Å². The van der Waals surface area contributed by atoms with Crippen LogP contribution in [-0.4, -0.2) is 0 Å². The van der Waals surface area contributed by atoms with Gasteiger partial charge in [-0.2, -0.15) is 5.26 Å². The molecule has 1 aromatic carbocycles. The van der Waals surface area contributed by atoms with Gasteiger partial charge in [0.25, 0.3) is 0 Å². The van der Waals surface area contributed by atoms with Crippen LogP contribution in [0.2, 0.25) is 0 Å². The summed E-state index contributed by atoms with van der Waals surface area (Å²) in [7, 11) is 0. The number of fused-ring (bicyclic) bond motifs is 1. The monoisotopic (exact) mass is 252 g/mol. The fraction of sp³-hybridized carbons (Fsp3) is 0. The van der Waals surface area contributed by atoms with E-state index in [4.69, 9.17) is 11.0 Å². The van der Waals surface area contributed by atoms with Crippen LogP contribution >= 0.6 is 27.3 Å². The van der Waals surface area contributed by atoms with Gasteiger partial charge in [-0.15, -0.1) is 11.3 Å². The van der Waals surface area contributed by atoms with Crippen LogP contribution in [0.1, 0.15) is 4.88 Å². The lowest BCUT2D eigenvalue weighted by atomic mass is 10.2. The third-order valence-electron chi connectivity index (χ3n) is 1.79. The van der Waals surface area contributed by atoms with E-state index in [2.05, 4.69) is 22.0 Å². The number of rotatable bonds is 0. The summed E-state index contributed by atoms with van der Waals surface area (Å²) in [5, 5.41) is 9.82. The van der Waals surface area contributed by atoms with Crippen LogP contribution in [-0.2, 0) is 0 Å². The number of hydrogen-bond donors (Lipinski definition) is 1. The van der Waals surface area contributed by atoms with Gasteiger partial charge in [0.1, 0.15) is 10.9 Å². The van der Waals surface area contributed by atoms with Crippen LogP contribution in [0.5, 0.6) is 0 Å². The molecule has 0 aliphatic carbocycles. The van der Waals surface area contributed by atoms with Crippen LogP contribution in [0.4, 0.5) is 5.69 Å². The molecule has 2 rings (SSSR count). The van der Waals surface area contributed by atoms with Gasteiger partial charge in [0.05, 0.1) is 9.17 Å². The number of nitriles is 1. The first-order valence-corrected chi connectivity index (χ1v) is 5.21. The summed E-state index contributed by atoms with van der Waals surface area (Å²) in [5.41, 5.74) is 6.50. The predicted molar refractivity (Wildman–Crippen MR) is 58.7 cm³/mol. The number of thiophene rings is 1. The van der Waals surface area contributed by atoms with Gasteiger partial charge in [-0.05, 0) is 22.0 Å². The number of benzene rings is 1. The molecular weight excluding hydrogens is 248 g/mol. The van der Waals surface area contributed by atoms with Crippen molar-refractivity contribution in [3.05, 3.63) is 27.5 Å². The molecule has 0 bridgehead atoms. The van der Waals surface area contributed by atoms with Crippen LogP contribution in [0.25, 0.3) is 10.1 Å². The lowest BCUT2D eigenvalue weighted by Crippen LogP contribution is -1.81. The van der Waals surface area contributed by atoms with Crippen molar-refractivity contribution in [1.29, 1.82) is 5.26 Å². The third-order valence-corrected chi connectivity index (χ3v) is 4.03. The van der Waals surface area contributed by atoms with E-state index in [1.54, 1.807) is 0 Å². The van der Waals surface area contributed by atoms with Crippen molar-refractivity contribution in [3.63, 3.8) is 0 Å². The third kappa shape index (κ3) is 1.21. The zero-order valence-corrected chi connectivity index (χ0v) is 8.95. The molecule has 0 fully saturated rings. The second-order valence-corrected chi connectivity index (χ2v) is 4.39. The fourth-order valence-electron chi connectivity index (χ4n) is 1.18. The Morgan fingerprint density at radius 2 is 2.23 bits per heavy atom. The zero-order valence-electron chi connectivity index (χ0n) is 6.54. The molecule has 2 nitrogen and oxygen atoms in total. The fourth-order valence-corrected chi connectivity index (χ4v) is 2.89. The molecule has 64 valence electrons. The molecule has 0 unspecified atom stereocenters. The molecule has 0 saturated heterocycles. The van der Waals surface area contributed by atoms with E-state index >= 15 is 0 Å². The maximum absolute atomic E-state index is 8.80. The van der Waals surface area contributed by atoms with Gasteiger partial charge in [-0.25, -0.2) is 0 Å². The Morgan fingerprint density at radius 1 is 1.46 bits per heavy atom. The number of nitrogens with zero attached hydrogens (tertiary/aromatic N) is 1. The van der Waals surface area contributed by atoms with Gasteiger partial charge in [0.15, 0.2) is 0 Å². The van der Waals surface area contributed by atoms with E-state index in [-0.39, 0.29) is 0 Å². The van der Waals surface area contributed by atoms with Gasteiger partial charge in [-0.3, -0.25) is 0 Å². The molecule has 13 heavy (non-hydrogen) atoms. The summed E-state index contributed by atoms with van der Waals surface area (Å²) in [6.45, 7) is 0. The van der Waals surface area contributed by atoms with E-state index in [1.165, 1.54) is 11.3 Å². The predicted octanol–water partition coefficient (Wildman–Crippen LogP) is 3.12. The van der Waals surface area contributed by atoms with Crippen LogP contribution in [0.3, 0.4) is 0 Å². The maximum atomic E-state index is 8.80. The second-order valence-electron chi connectivity index (χ2n) is 2.58. The summed E-state index contributed by atoms with van der Waals surface area (Å²) >= 11 is 4.80. The molecule has 1 aromatic heterocycles. The molecule has 0 atom stereocenters. The minimum absolute atomic E-state index is 0.674. The van der Waals surface area contributed by atoms with E-state index in [0.29, 0.717) is 4.88 Å². The average molecular weight is 253 g/mol. The van der Waals surface area contributed by atoms with Crippen LogP contribution in [0.15, 0.2) is 22.7 Å². The Bertz CT molecular complexity index is 510. The molecule has 1 heterocycles. The molecule has 0 amide bonds. The molecule has 4 heteroatoms. The summed E-state index contributed by atoms with van der Waals surface area (Å²) in [6.07, 6.45) is 0. The van der Waals surface area contributed by atoms with E-state index < -0.39 is 0 Å². The minimum Gasteiger partial charge on any atom is -0.398 e. The molecule has 0 spiro atoms. The first kappa shape index (κ1) is 8.54. The summed E-state index contributed by atoms with van der Waals surface area (Å²) in [5.74, 6) is 0. The number of anilines is 1. The van der Waals surface area contributed by atoms with Crippen molar-refractivity contribution in [2.45, 2.75) is 0 Å². The highest BCUT2D eigenvalue weighted by Gasteiger charge is 2.10. The maximum Gasteiger partial charge on any atom is 0.120 e. The van der Waals surface area contributed by atoms with Gasteiger partial charge in [0.2, 0.25) is 0 Å². The van der Waals surface area contributed by atoms with Crippen molar-refractivity contribution in [3.8, 4) is 6.07 Å². The lowest BCUT2D eigenvalue weighted by molar-refractivity contribution is 1.52. The van der Waals surface area contributed by atoms with Crippen molar-refractivity contribution in [2.24, 2.45) is 0 Å². The highest BCUT2D eigenvalue weighted by atomic mass is 79.9. The second kappa shape index (κ2) is 3.02. The number of nitrogens with two attached hydrogens (primary N) is 1. The minimum atomic E-state index is 0.674. The Labute approximate surface area is 87.7 Å². The Balaban J connectivity index is 2.94. The first-order valence-electron chi connectivity index (χ1n) is 3.60. The topological polar surface area (TPSA) is 49.8 Å². The van der Waals surface area contributed by atoms with Gasteiger partial charge >= 0.3 is 0 Å². The normalized spacial score (nSPS) is 10.2. The van der Waals surface area contributed by atoms with Crippen molar-refractivity contribution >= 4 is 43.0 Å². The number of nitrogen functional groups attached to an aromatic ring is 1. The average Bonchev–Trinajstić information content (AvgIpc) is 2.45. The van der Waals surface area contributed by atoms with Crippen molar-refractivity contribution in [2.75, 3.05) is 5.73 Å². The Hall–Kier alpha value is -1.05. The van der Waals surface area contributed by atoms with Gasteiger partial charge in [0, 0.05) is 11.1 Å². The number of hydrogen-bond acceptors (Lipinski definition) is 3. The Morgan fingerprint density at radius 3 is 2.85 bits per heavy atom. The van der Waals surface area contributed by atoms with Crippen molar-refractivity contribution in [1.82, 2.24) is 0 Å². The van der Waals surface area contributed by atoms with Crippen LogP contribution in [0, 0.1) is 11.3 Å². The van der Waals surface area contributed by atoms with Gasteiger partial charge < -0.3 is 5.73 Å². The van der Waals surface area contributed by atoms with E-state index in [0.717, 1.165) is 20.2 Å². The zero-order chi connectivity index (χ0) is 9.42. The molecule has 2 aromatic rings. The molecular formula is C9H5BrN2S. The molecule has 0 radical (unpaired) electrons. The number of halogens is 1. The lowest BCUT2D eigenvalue weighted by Gasteiger charge is -1.93. The summed E-state index contributed by atoms with van der Waals surface area (Å²) < 4.78 is 1.83.